The van der Waals surface area contributed by atoms with Crippen LogP contribution in [0.1, 0.15) is 5.69 Å². The minimum Gasteiger partial charge on any atom is -1.00 e. The van der Waals surface area contributed by atoms with Crippen molar-refractivity contribution in [3.8, 4) is 10.6 Å². The molecule has 0 saturated carbocycles. The molecule has 0 saturated heterocycles. The van der Waals surface area contributed by atoms with Gasteiger partial charge in [-0.1, -0.05) is 54.6 Å². The number of nitrogens with zero attached hydrogens (tertiary/aromatic N) is 1. The summed E-state index contributed by atoms with van der Waals surface area (Å²) in [4.78, 5) is 5.00. The van der Waals surface area contributed by atoms with Crippen LogP contribution in [0.3, 0.4) is 0 Å². The smallest absolute Gasteiger partial charge is 0.123 e. The van der Waals surface area contributed by atoms with Crippen LogP contribution >= 0.6 is 18.6 Å². The van der Waals surface area contributed by atoms with Crippen LogP contribution in [0.25, 0.3) is 10.6 Å². The van der Waals surface area contributed by atoms with E-state index in [2.05, 4.69) is 96.4 Å². The van der Waals surface area contributed by atoms with Crippen LogP contribution < -0.4 is 39.9 Å². The Balaban J connectivity index is 0.00000259. The standard InChI is InChI=1S/C28H22FNPS.HI/c29-23-18-16-22(17-19-23)28-30-24(21-32-28)20-31(25-10-4-1-5-11-25,26-12-6-2-7-13-26)27-14-8-3-9-15-27;/h1-19,21H,20H2;1H/q+1;/p-1. The molecule has 0 bridgehead atoms. The van der Waals surface area contributed by atoms with Crippen molar-refractivity contribution in [1.82, 2.24) is 4.98 Å². The summed E-state index contributed by atoms with van der Waals surface area (Å²) in [6.45, 7) is 0. The fourth-order valence-electron chi connectivity index (χ4n) is 4.12. The second-order valence-electron chi connectivity index (χ2n) is 7.63. The molecule has 0 aliphatic carbocycles. The van der Waals surface area contributed by atoms with E-state index in [1.807, 2.05) is 0 Å². The summed E-state index contributed by atoms with van der Waals surface area (Å²) in [6.07, 6.45) is 0.836. The van der Waals surface area contributed by atoms with Gasteiger partial charge in [0.05, 0.1) is 5.69 Å². The quantitative estimate of drug-likeness (QED) is 0.221. The second-order valence-corrected chi connectivity index (χ2v) is 12.0. The van der Waals surface area contributed by atoms with Gasteiger partial charge in [0.15, 0.2) is 0 Å². The van der Waals surface area contributed by atoms with Crippen LogP contribution in [0.15, 0.2) is 121 Å². The Hall–Kier alpha value is -2.40. The van der Waals surface area contributed by atoms with E-state index >= 15 is 0 Å². The van der Waals surface area contributed by atoms with E-state index in [0.29, 0.717) is 0 Å². The summed E-state index contributed by atoms with van der Waals surface area (Å²) < 4.78 is 13.4. The van der Waals surface area contributed by atoms with Crippen molar-refractivity contribution in [1.29, 1.82) is 0 Å². The average molecular weight is 581 g/mol. The summed E-state index contributed by atoms with van der Waals surface area (Å²) in [5.41, 5.74) is 2.02. The first-order valence-corrected chi connectivity index (χ1v) is 13.4. The summed E-state index contributed by atoms with van der Waals surface area (Å²) in [5, 5.41) is 7.10. The van der Waals surface area contributed by atoms with Gasteiger partial charge in [-0.2, -0.15) is 0 Å². The van der Waals surface area contributed by atoms with Gasteiger partial charge in [-0.15, -0.1) is 11.3 Å². The molecule has 5 heteroatoms. The molecule has 0 N–H and O–H groups in total. The first-order chi connectivity index (χ1) is 15.8. The Bertz CT molecular complexity index is 1200. The van der Waals surface area contributed by atoms with Crippen LogP contribution in [0, 0.1) is 5.82 Å². The number of halogens is 2. The van der Waals surface area contributed by atoms with E-state index in [1.165, 1.54) is 28.0 Å². The predicted molar refractivity (Wildman–Crippen MR) is 136 cm³/mol. The summed E-state index contributed by atoms with van der Waals surface area (Å²) in [7, 11) is -1.98. The van der Waals surface area contributed by atoms with Crippen molar-refractivity contribution < 1.29 is 28.4 Å². The SMILES string of the molecule is Fc1ccc(-c2nc(C[P+](c3ccccc3)(c3ccccc3)c3ccccc3)cs2)cc1.[I-]. The molecule has 5 rings (SSSR count). The highest BCUT2D eigenvalue weighted by Crippen LogP contribution is 2.58. The number of hydrogen-bond donors (Lipinski definition) is 0. The zero-order valence-electron chi connectivity index (χ0n) is 17.8. The molecule has 0 atom stereocenters. The summed E-state index contributed by atoms with van der Waals surface area (Å²) >= 11 is 1.62. The minimum atomic E-state index is -1.98. The molecule has 1 heterocycles. The molecule has 0 aliphatic rings. The van der Waals surface area contributed by atoms with Crippen molar-refractivity contribution >= 4 is 34.5 Å². The van der Waals surface area contributed by atoms with E-state index in [0.717, 1.165) is 22.4 Å². The number of benzene rings is 4. The molecular formula is C28H22FINPS. The zero-order valence-corrected chi connectivity index (χ0v) is 21.7. The second kappa shape index (κ2) is 10.7. The third-order valence-electron chi connectivity index (χ3n) is 5.63. The Morgan fingerprint density at radius 2 is 1.09 bits per heavy atom. The average Bonchev–Trinajstić information content (AvgIpc) is 3.33. The van der Waals surface area contributed by atoms with Gasteiger partial charge in [0.1, 0.15) is 40.2 Å². The largest absolute Gasteiger partial charge is 1.00 e. The van der Waals surface area contributed by atoms with Crippen molar-refractivity contribution in [2.24, 2.45) is 0 Å². The van der Waals surface area contributed by atoms with Gasteiger partial charge in [0, 0.05) is 10.9 Å². The molecule has 0 aliphatic heterocycles. The molecule has 0 spiro atoms. The fraction of sp³-hybridized carbons (Fsp3) is 0.0357. The van der Waals surface area contributed by atoms with E-state index in [9.17, 15) is 4.39 Å². The summed E-state index contributed by atoms with van der Waals surface area (Å²) in [6, 6.07) is 39.1. The molecule has 1 nitrogen and oxygen atoms in total. The molecule has 1 aromatic heterocycles. The highest BCUT2D eigenvalue weighted by Gasteiger charge is 2.46. The molecule has 33 heavy (non-hydrogen) atoms. The van der Waals surface area contributed by atoms with E-state index in [4.69, 9.17) is 4.98 Å². The van der Waals surface area contributed by atoms with Crippen LogP contribution in [-0.2, 0) is 6.16 Å². The lowest BCUT2D eigenvalue weighted by Gasteiger charge is -2.27. The van der Waals surface area contributed by atoms with E-state index in [-0.39, 0.29) is 29.8 Å². The van der Waals surface area contributed by atoms with Gasteiger partial charge in [-0.3, -0.25) is 0 Å². The molecule has 4 aromatic carbocycles. The van der Waals surface area contributed by atoms with Crippen LogP contribution in [0.2, 0.25) is 0 Å². The summed E-state index contributed by atoms with van der Waals surface area (Å²) in [5.74, 6) is -0.229. The lowest BCUT2D eigenvalue weighted by molar-refractivity contribution is -0.00000681. The first-order valence-electron chi connectivity index (χ1n) is 10.5. The highest BCUT2D eigenvalue weighted by atomic mass is 127. The minimum absolute atomic E-state index is 0. The van der Waals surface area contributed by atoms with Crippen molar-refractivity contribution in [2.75, 3.05) is 0 Å². The maximum Gasteiger partial charge on any atom is 0.123 e. The van der Waals surface area contributed by atoms with Gasteiger partial charge < -0.3 is 24.0 Å². The molecular weight excluding hydrogens is 559 g/mol. The van der Waals surface area contributed by atoms with Gasteiger partial charge in [-0.25, -0.2) is 9.37 Å². The molecule has 0 unspecified atom stereocenters. The maximum absolute atomic E-state index is 13.4. The van der Waals surface area contributed by atoms with E-state index < -0.39 is 7.26 Å². The monoisotopic (exact) mass is 581 g/mol. The predicted octanol–water partition coefficient (Wildman–Crippen LogP) is 3.45. The van der Waals surface area contributed by atoms with Crippen LogP contribution in [0.5, 0.6) is 0 Å². The van der Waals surface area contributed by atoms with Gasteiger partial charge >= 0.3 is 0 Å². The van der Waals surface area contributed by atoms with Crippen LogP contribution in [-0.4, -0.2) is 4.98 Å². The maximum atomic E-state index is 13.4. The third kappa shape index (κ3) is 4.93. The lowest BCUT2D eigenvalue weighted by Crippen LogP contribution is -3.00. The number of thiazole rings is 1. The topological polar surface area (TPSA) is 12.9 Å². The first kappa shape index (κ1) is 23.7. The molecule has 0 fully saturated rings. The molecule has 0 radical (unpaired) electrons. The Kier molecular flexibility index (Phi) is 7.69. The van der Waals surface area contributed by atoms with Gasteiger partial charge in [-0.05, 0) is 60.7 Å². The Morgan fingerprint density at radius 3 is 1.55 bits per heavy atom. The van der Waals surface area contributed by atoms with Gasteiger partial charge in [0.2, 0.25) is 0 Å². The third-order valence-corrected chi connectivity index (χ3v) is 10.9. The number of rotatable bonds is 6. The fourth-order valence-corrected chi connectivity index (χ4v) is 9.20. The zero-order chi connectivity index (χ0) is 21.8. The highest BCUT2D eigenvalue weighted by molar-refractivity contribution is 7.95. The number of aromatic nitrogens is 1. The van der Waals surface area contributed by atoms with Crippen LogP contribution in [0.4, 0.5) is 4.39 Å². The van der Waals surface area contributed by atoms with Crippen molar-refractivity contribution in [2.45, 2.75) is 6.16 Å². The van der Waals surface area contributed by atoms with Gasteiger partial charge in [0.25, 0.3) is 0 Å². The van der Waals surface area contributed by atoms with Crippen molar-refractivity contribution in [3.63, 3.8) is 0 Å². The molecule has 164 valence electrons. The normalized spacial score (nSPS) is 11.1. The number of hydrogen-bond acceptors (Lipinski definition) is 2. The Labute approximate surface area is 215 Å². The lowest BCUT2D eigenvalue weighted by atomic mass is 10.2. The van der Waals surface area contributed by atoms with Crippen molar-refractivity contribution in [3.05, 3.63) is 132 Å². The molecule has 5 aromatic rings. The van der Waals surface area contributed by atoms with E-state index in [1.54, 1.807) is 23.5 Å². The molecule has 0 amide bonds. The Morgan fingerprint density at radius 1 is 0.636 bits per heavy atom.